The van der Waals surface area contributed by atoms with Crippen molar-refractivity contribution in [2.24, 2.45) is 0 Å². The number of carbonyl (C=O) groups excluding carboxylic acids is 2. The molecule has 1 aliphatic heterocycles. The molecule has 0 unspecified atom stereocenters. The Bertz CT molecular complexity index is 829. The van der Waals surface area contributed by atoms with Crippen molar-refractivity contribution in [3.8, 4) is 5.75 Å². The molecule has 1 aromatic carbocycles. The van der Waals surface area contributed by atoms with Crippen LogP contribution >= 0.6 is 11.8 Å². The minimum Gasteiger partial charge on any atom is -0.497 e. The van der Waals surface area contributed by atoms with Crippen LogP contribution in [-0.4, -0.2) is 58.1 Å². The minimum absolute atomic E-state index is 0.0405. The third-order valence-electron chi connectivity index (χ3n) is 5.36. The fraction of sp³-hybridized carbons (Fsp3) is 0.500. The molecule has 30 heavy (non-hydrogen) atoms. The molecule has 0 aliphatic carbocycles. The molecule has 3 rings (SSSR count). The van der Waals surface area contributed by atoms with Crippen molar-refractivity contribution in [2.75, 3.05) is 31.8 Å². The van der Waals surface area contributed by atoms with Crippen molar-refractivity contribution < 1.29 is 14.3 Å². The van der Waals surface area contributed by atoms with Crippen LogP contribution in [0.15, 0.2) is 36.7 Å². The lowest BCUT2D eigenvalue weighted by atomic mass is 9.95. The lowest BCUT2D eigenvalue weighted by molar-refractivity contribution is -0.131. The number of imidazole rings is 1. The predicted molar refractivity (Wildman–Crippen MR) is 119 cm³/mol. The molecule has 0 atom stereocenters. The molecule has 1 N–H and O–H groups in total. The fourth-order valence-electron chi connectivity index (χ4n) is 3.67. The minimum atomic E-state index is -0.0405. The summed E-state index contributed by atoms with van der Waals surface area (Å²) in [6.07, 6.45) is 6.28. The number of nitrogens with one attached hydrogen (secondary N) is 1. The molecule has 2 aromatic rings. The number of amides is 2. The summed E-state index contributed by atoms with van der Waals surface area (Å²) in [5.41, 5.74) is 1.21. The molecule has 0 saturated carbocycles. The summed E-state index contributed by atoms with van der Waals surface area (Å²) >= 11 is 1.58. The van der Waals surface area contributed by atoms with Crippen molar-refractivity contribution >= 4 is 23.6 Å². The summed E-state index contributed by atoms with van der Waals surface area (Å²) in [6, 6.07) is 8.11. The first-order valence-corrected chi connectivity index (χ1v) is 11.5. The van der Waals surface area contributed by atoms with Gasteiger partial charge in [-0.1, -0.05) is 12.1 Å². The first-order chi connectivity index (χ1) is 14.6. The third kappa shape index (κ3) is 6.26. The van der Waals surface area contributed by atoms with Gasteiger partial charge in [-0.15, -0.1) is 11.8 Å². The first kappa shape index (κ1) is 22.2. The zero-order chi connectivity index (χ0) is 21.3. The average molecular weight is 431 g/mol. The van der Waals surface area contributed by atoms with Gasteiger partial charge in [0.1, 0.15) is 11.6 Å². The van der Waals surface area contributed by atoms with Crippen LogP contribution in [-0.2, 0) is 16.1 Å². The van der Waals surface area contributed by atoms with Crippen molar-refractivity contribution in [3.63, 3.8) is 0 Å². The van der Waals surface area contributed by atoms with E-state index in [2.05, 4.69) is 27.0 Å². The Kier molecular flexibility index (Phi) is 8.19. The number of carbonyl (C=O) groups is 2. The Morgan fingerprint density at radius 2 is 1.97 bits per heavy atom. The number of aromatic nitrogens is 2. The van der Waals surface area contributed by atoms with E-state index in [1.54, 1.807) is 18.9 Å². The summed E-state index contributed by atoms with van der Waals surface area (Å²) < 4.78 is 7.44. The lowest BCUT2D eigenvalue weighted by Gasteiger charge is -2.32. The van der Waals surface area contributed by atoms with Gasteiger partial charge in [0.2, 0.25) is 11.8 Å². The van der Waals surface area contributed by atoms with Gasteiger partial charge in [0.05, 0.1) is 13.0 Å². The van der Waals surface area contributed by atoms with E-state index in [-0.39, 0.29) is 11.8 Å². The summed E-state index contributed by atoms with van der Waals surface area (Å²) in [5.74, 6) is 3.77. The van der Waals surface area contributed by atoms with E-state index in [4.69, 9.17) is 4.74 Å². The third-order valence-corrected chi connectivity index (χ3v) is 6.20. The number of hydrogen-bond acceptors (Lipinski definition) is 5. The van der Waals surface area contributed by atoms with Crippen LogP contribution in [0.5, 0.6) is 5.75 Å². The molecular formula is C22H30N4O3S. The van der Waals surface area contributed by atoms with Crippen LogP contribution in [0, 0.1) is 0 Å². The number of likely N-dealkylation sites (tertiary alicyclic amines) is 1. The molecule has 2 heterocycles. The van der Waals surface area contributed by atoms with Crippen LogP contribution in [0.25, 0.3) is 0 Å². The largest absolute Gasteiger partial charge is 0.497 e. The molecule has 7 nitrogen and oxygen atoms in total. The highest BCUT2D eigenvalue weighted by Gasteiger charge is 2.26. The van der Waals surface area contributed by atoms with Crippen LogP contribution in [0.4, 0.5) is 0 Å². The molecule has 8 heteroatoms. The van der Waals surface area contributed by atoms with Crippen LogP contribution in [0.1, 0.15) is 43.5 Å². The molecule has 1 aromatic heterocycles. The topological polar surface area (TPSA) is 76.5 Å². The van der Waals surface area contributed by atoms with Gasteiger partial charge in [0.15, 0.2) is 0 Å². The number of piperidine rings is 1. The molecule has 1 saturated heterocycles. The van der Waals surface area contributed by atoms with Gasteiger partial charge in [0.25, 0.3) is 0 Å². The normalized spacial score (nSPS) is 14.5. The molecule has 0 radical (unpaired) electrons. The van der Waals surface area contributed by atoms with Crippen LogP contribution in [0.3, 0.4) is 0 Å². The Hall–Kier alpha value is -2.48. The summed E-state index contributed by atoms with van der Waals surface area (Å²) in [4.78, 5) is 29.9. The van der Waals surface area contributed by atoms with E-state index < -0.39 is 0 Å². The monoisotopic (exact) mass is 430 g/mol. The number of methoxy groups -OCH3 is 1. The second kappa shape index (κ2) is 11.1. The number of nitrogens with zero attached hydrogens (tertiary/aromatic N) is 3. The fourth-order valence-corrected chi connectivity index (χ4v) is 4.44. The highest BCUT2D eigenvalue weighted by molar-refractivity contribution is 7.99. The Balaban J connectivity index is 1.46. The maximum absolute atomic E-state index is 12.4. The maximum atomic E-state index is 12.4. The molecule has 0 bridgehead atoms. The standard InChI is InChI=1S/C22H30N4O3S/c1-17(27)24-16-30-14-9-21(28)25-11-7-19(8-12-25)22-23-10-13-26(22)15-18-3-5-20(29-2)6-4-18/h3-6,10,13,19H,7-9,11-12,14-16H2,1-2H3,(H,24,27). The second-order valence-corrected chi connectivity index (χ2v) is 8.56. The Labute approximate surface area is 182 Å². The smallest absolute Gasteiger partial charge is 0.223 e. The number of hydrogen-bond donors (Lipinski definition) is 1. The van der Waals surface area contributed by atoms with Gasteiger partial charge in [-0.05, 0) is 30.5 Å². The van der Waals surface area contributed by atoms with Crippen LogP contribution < -0.4 is 10.1 Å². The van der Waals surface area contributed by atoms with Gasteiger partial charge in [-0.3, -0.25) is 9.59 Å². The van der Waals surface area contributed by atoms with E-state index in [1.807, 2.05) is 29.4 Å². The second-order valence-electron chi connectivity index (χ2n) is 7.45. The number of benzene rings is 1. The quantitative estimate of drug-likeness (QED) is 0.489. The predicted octanol–water partition coefficient (Wildman–Crippen LogP) is 2.86. The molecule has 0 spiro atoms. The highest BCUT2D eigenvalue weighted by atomic mass is 32.2. The molecular weight excluding hydrogens is 400 g/mol. The molecule has 162 valence electrons. The average Bonchev–Trinajstić information content (AvgIpc) is 3.22. The van der Waals surface area contributed by atoms with Crippen LogP contribution in [0.2, 0.25) is 0 Å². The maximum Gasteiger partial charge on any atom is 0.223 e. The highest BCUT2D eigenvalue weighted by Crippen LogP contribution is 2.28. The first-order valence-electron chi connectivity index (χ1n) is 10.3. The van der Waals surface area contributed by atoms with Crippen molar-refractivity contribution in [3.05, 3.63) is 48.0 Å². The van der Waals surface area contributed by atoms with Crippen molar-refractivity contribution in [1.82, 2.24) is 19.8 Å². The van der Waals surface area contributed by atoms with Gasteiger partial charge in [0, 0.05) is 57.0 Å². The number of rotatable bonds is 9. The van der Waals surface area contributed by atoms with Gasteiger partial charge in [-0.2, -0.15) is 0 Å². The summed E-state index contributed by atoms with van der Waals surface area (Å²) in [5, 5.41) is 2.73. The van der Waals surface area contributed by atoms with Crippen molar-refractivity contribution in [1.29, 1.82) is 0 Å². The van der Waals surface area contributed by atoms with Crippen molar-refractivity contribution in [2.45, 2.75) is 38.6 Å². The van der Waals surface area contributed by atoms with Gasteiger partial charge in [-0.25, -0.2) is 4.98 Å². The zero-order valence-electron chi connectivity index (χ0n) is 17.7. The molecule has 2 amide bonds. The summed E-state index contributed by atoms with van der Waals surface area (Å²) in [7, 11) is 1.67. The van der Waals surface area contributed by atoms with E-state index in [0.29, 0.717) is 18.2 Å². The Morgan fingerprint density at radius 3 is 2.63 bits per heavy atom. The lowest BCUT2D eigenvalue weighted by Crippen LogP contribution is -2.38. The SMILES string of the molecule is COc1ccc(Cn2ccnc2C2CCN(C(=O)CCSCNC(C)=O)CC2)cc1. The van der Waals surface area contributed by atoms with E-state index >= 15 is 0 Å². The van der Waals surface area contributed by atoms with E-state index in [1.165, 1.54) is 12.5 Å². The number of thioether (sulfide) groups is 1. The Morgan fingerprint density at radius 1 is 1.23 bits per heavy atom. The summed E-state index contributed by atoms with van der Waals surface area (Å²) in [6.45, 7) is 3.83. The number of ether oxygens (including phenoxy) is 1. The van der Waals surface area contributed by atoms with E-state index in [0.717, 1.165) is 49.8 Å². The zero-order valence-corrected chi connectivity index (χ0v) is 18.5. The van der Waals surface area contributed by atoms with Gasteiger partial charge < -0.3 is 19.5 Å². The molecule has 1 aliphatic rings. The molecule has 1 fully saturated rings. The van der Waals surface area contributed by atoms with E-state index in [9.17, 15) is 9.59 Å². The van der Waals surface area contributed by atoms with Gasteiger partial charge >= 0.3 is 0 Å².